The van der Waals surface area contributed by atoms with Crippen LogP contribution in [-0.4, -0.2) is 24.4 Å². The van der Waals surface area contributed by atoms with E-state index in [0.717, 1.165) is 18.2 Å². The van der Waals surface area contributed by atoms with Crippen LogP contribution >= 0.6 is 0 Å². The minimum absolute atomic E-state index is 0.0450. The predicted molar refractivity (Wildman–Crippen MR) is 86.2 cm³/mol. The van der Waals surface area contributed by atoms with Crippen LogP contribution in [0.5, 0.6) is 5.88 Å². The van der Waals surface area contributed by atoms with Crippen LogP contribution in [0.2, 0.25) is 0 Å². The van der Waals surface area contributed by atoms with Gasteiger partial charge in [0.2, 0.25) is 5.88 Å². The number of hydrogen-bond acceptors (Lipinski definition) is 4. The van der Waals surface area contributed by atoms with Crippen molar-refractivity contribution in [3.8, 4) is 17.0 Å². The summed E-state index contributed by atoms with van der Waals surface area (Å²) in [5, 5.41) is 7.69. The number of aromatic nitrogens is 5. The Hall–Kier alpha value is -3.43. The quantitative estimate of drug-likeness (QED) is 0.496. The number of alkyl halides is 2. The second-order valence-corrected chi connectivity index (χ2v) is 5.60. The summed E-state index contributed by atoms with van der Waals surface area (Å²) in [7, 11) is 0. The number of nitrogens with zero attached hydrogens (tertiary/aromatic N) is 5. The van der Waals surface area contributed by atoms with Crippen molar-refractivity contribution >= 4 is 5.65 Å². The van der Waals surface area contributed by atoms with E-state index in [9.17, 15) is 17.6 Å². The van der Waals surface area contributed by atoms with E-state index in [2.05, 4.69) is 15.2 Å². The second kappa shape index (κ2) is 6.71. The number of halogens is 4. The third-order valence-corrected chi connectivity index (χ3v) is 3.84. The normalized spacial score (nSPS) is 11.4. The third kappa shape index (κ3) is 3.33. The Balaban J connectivity index is 1.62. The highest BCUT2D eigenvalue weighted by Crippen LogP contribution is 2.25. The monoisotopic (exact) mass is 377 g/mol. The lowest BCUT2D eigenvalue weighted by molar-refractivity contribution is 0.0566. The number of hydrogen-bond donors (Lipinski definition) is 0. The summed E-state index contributed by atoms with van der Waals surface area (Å²) in [5.74, 6) is -1.02. The zero-order valence-corrected chi connectivity index (χ0v) is 13.6. The average molecular weight is 377 g/mol. The van der Waals surface area contributed by atoms with Crippen molar-refractivity contribution < 1.29 is 22.3 Å². The topological polar surface area (TPSA) is 57.2 Å². The molecule has 0 fully saturated rings. The molecule has 0 saturated heterocycles. The van der Waals surface area contributed by atoms with Crippen LogP contribution in [0.25, 0.3) is 16.8 Å². The first-order chi connectivity index (χ1) is 13.0. The maximum absolute atomic E-state index is 13.7. The number of ether oxygens (including phenoxy) is 1. The molecule has 4 rings (SSSR count). The van der Waals surface area contributed by atoms with Gasteiger partial charge in [-0.15, -0.1) is 0 Å². The van der Waals surface area contributed by atoms with E-state index < -0.39 is 18.2 Å². The summed E-state index contributed by atoms with van der Waals surface area (Å²) in [6.45, 7) is -2.98. The number of benzene rings is 1. The van der Waals surface area contributed by atoms with Gasteiger partial charge in [-0.05, 0) is 18.2 Å². The Labute approximate surface area is 149 Å². The highest BCUT2D eigenvalue weighted by molar-refractivity contribution is 5.76. The van der Waals surface area contributed by atoms with E-state index in [0.29, 0.717) is 21.5 Å². The Bertz CT molecular complexity index is 1110. The number of fused-ring (bicyclic) bond motifs is 1. The van der Waals surface area contributed by atoms with E-state index in [4.69, 9.17) is 4.74 Å². The summed E-state index contributed by atoms with van der Waals surface area (Å²) in [6.07, 6.45) is 5.48. The van der Waals surface area contributed by atoms with Gasteiger partial charge in [0.05, 0.1) is 12.4 Å². The molecule has 10 heteroatoms. The Kier molecular flexibility index (Phi) is 4.22. The summed E-state index contributed by atoms with van der Waals surface area (Å²) in [4.78, 5) is 4.27. The van der Waals surface area contributed by atoms with Gasteiger partial charge >= 0.3 is 6.55 Å². The van der Waals surface area contributed by atoms with Crippen LogP contribution in [0.4, 0.5) is 17.6 Å². The molecule has 3 aromatic heterocycles. The first-order valence-corrected chi connectivity index (χ1v) is 7.75. The van der Waals surface area contributed by atoms with Crippen LogP contribution < -0.4 is 4.74 Å². The van der Waals surface area contributed by atoms with Crippen LogP contribution in [-0.2, 0) is 6.61 Å². The zero-order valence-electron chi connectivity index (χ0n) is 13.6. The minimum Gasteiger partial charge on any atom is -0.473 e. The van der Waals surface area contributed by atoms with E-state index in [1.165, 1.54) is 29.2 Å². The summed E-state index contributed by atoms with van der Waals surface area (Å²) in [5.41, 5.74) is 1.28. The van der Waals surface area contributed by atoms with E-state index >= 15 is 0 Å². The van der Waals surface area contributed by atoms with Gasteiger partial charge in [-0.1, -0.05) is 0 Å². The van der Waals surface area contributed by atoms with Crippen molar-refractivity contribution in [1.29, 1.82) is 0 Å². The van der Waals surface area contributed by atoms with Gasteiger partial charge in [-0.2, -0.15) is 24.0 Å². The molecular weight excluding hydrogens is 366 g/mol. The van der Waals surface area contributed by atoms with Gasteiger partial charge < -0.3 is 4.74 Å². The highest BCUT2D eigenvalue weighted by atomic mass is 19.3. The average Bonchev–Trinajstić information content (AvgIpc) is 3.28. The Morgan fingerprint density at radius 3 is 2.70 bits per heavy atom. The first-order valence-electron chi connectivity index (χ1n) is 7.75. The molecule has 1 aromatic carbocycles. The van der Waals surface area contributed by atoms with Gasteiger partial charge in [0.1, 0.15) is 18.2 Å². The number of rotatable bonds is 5. The van der Waals surface area contributed by atoms with Crippen LogP contribution in [0.15, 0.2) is 49.1 Å². The van der Waals surface area contributed by atoms with Crippen LogP contribution in [0.3, 0.4) is 0 Å². The summed E-state index contributed by atoms with van der Waals surface area (Å²) >= 11 is 0. The zero-order chi connectivity index (χ0) is 19.0. The largest absolute Gasteiger partial charge is 0.473 e. The molecular formula is C17H11F4N5O. The lowest BCUT2D eigenvalue weighted by atomic mass is 10.2. The molecule has 4 aromatic rings. The Morgan fingerprint density at radius 2 is 1.93 bits per heavy atom. The van der Waals surface area contributed by atoms with Crippen LogP contribution in [0, 0.1) is 11.6 Å². The molecule has 0 bridgehead atoms. The predicted octanol–water partition coefficient (Wildman–Crippen LogP) is 3.85. The molecule has 0 saturated carbocycles. The second-order valence-electron chi connectivity index (χ2n) is 5.60. The molecule has 0 atom stereocenters. The fourth-order valence-electron chi connectivity index (χ4n) is 2.53. The first kappa shape index (κ1) is 17.0. The van der Waals surface area contributed by atoms with Crippen molar-refractivity contribution in [3.63, 3.8) is 0 Å². The molecule has 3 heterocycles. The van der Waals surface area contributed by atoms with Crippen molar-refractivity contribution in [2.24, 2.45) is 0 Å². The lowest BCUT2D eigenvalue weighted by Crippen LogP contribution is -2.02. The summed E-state index contributed by atoms with van der Waals surface area (Å²) in [6, 6.07) is 4.57. The van der Waals surface area contributed by atoms with E-state index in [1.54, 1.807) is 6.20 Å². The standard InChI is InChI=1S/C17H11F4N5O/c18-12-1-2-14(19)10(5-12)9-27-15-3-4-25-16(24-15)13(7-23-25)11-6-22-26(8-11)17(20)21/h1-8,17H,9H2. The van der Waals surface area contributed by atoms with Gasteiger partial charge in [-0.3, -0.25) is 0 Å². The molecule has 0 radical (unpaired) electrons. The molecule has 0 aliphatic carbocycles. The third-order valence-electron chi connectivity index (χ3n) is 3.84. The molecule has 0 aliphatic rings. The molecule has 0 aliphatic heterocycles. The fraction of sp³-hybridized carbons (Fsp3) is 0.118. The van der Waals surface area contributed by atoms with Gasteiger partial charge in [0.25, 0.3) is 0 Å². The van der Waals surface area contributed by atoms with Crippen molar-refractivity contribution in [2.75, 3.05) is 0 Å². The maximum atomic E-state index is 13.7. The lowest BCUT2D eigenvalue weighted by Gasteiger charge is -2.07. The van der Waals surface area contributed by atoms with Gasteiger partial charge in [0.15, 0.2) is 5.65 Å². The molecule has 138 valence electrons. The smallest absolute Gasteiger partial charge is 0.333 e. The van der Waals surface area contributed by atoms with E-state index in [-0.39, 0.29) is 18.1 Å². The van der Waals surface area contributed by atoms with E-state index in [1.807, 2.05) is 0 Å². The maximum Gasteiger partial charge on any atom is 0.333 e. The summed E-state index contributed by atoms with van der Waals surface area (Å²) < 4.78 is 59.7. The Morgan fingerprint density at radius 1 is 1.07 bits per heavy atom. The van der Waals surface area contributed by atoms with Gasteiger partial charge in [-0.25, -0.2) is 18.0 Å². The molecule has 0 spiro atoms. The molecule has 6 nitrogen and oxygen atoms in total. The van der Waals surface area contributed by atoms with Crippen molar-refractivity contribution in [1.82, 2.24) is 24.4 Å². The highest BCUT2D eigenvalue weighted by Gasteiger charge is 2.14. The molecule has 0 amide bonds. The van der Waals surface area contributed by atoms with Crippen molar-refractivity contribution in [2.45, 2.75) is 13.2 Å². The molecule has 27 heavy (non-hydrogen) atoms. The SMILES string of the molecule is Fc1ccc(F)c(COc2ccn3ncc(-c4cnn(C(F)F)c4)c3n2)c1. The van der Waals surface area contributed by atoms with Crippen LogP contribution in [0.1, 0.15) is 12.1 Å². The van der Waals surface area contributed by atoms with Gasteiger partial charge in [0, 0.05) is 35.2 Å². The fourth-order valence-corrected chi connectivity index (χ4v) is 2.53. The minimum atomic E-state index is -2.76. The van der Waals surface area contributed by atoms with Crippen molar-refractivity contribution in [3.05, 3.63) is 66.3 Å². The molecule has 0 unspecified atom stereocenters. The molecule has 0 N–H and O–H groups in total.